The molecule has 1 aromatic heterocycles. The molecule has 0 aliphatic rings. The number of ether oxygens (including phenoxy) is 1. The van der Waals surface area contributed by atoms with E-state index in [1.807, 2.05) is 27.7 Å². The zero-order valence-electron chi connectivity index (χ0n) is 9.90. The molecule has 84 valence electrons. The summed E-state index contributed by atoms with van der Waals surface area (Å²) in [6, 6.07) is 0.382. The number of nitrogens with one attached hydrogen (secondary N) is 1. The monoisotopic (exact) mass is 210 g/mol. The summed E-state index contributed by atoms with van der Waals surface area (Å²) >= 11 is 0. The van der Waals surface area contributed by atoms with Crippen LogP contribution in [0.2, 0.25) is 0 Å². The van der Waals surface area contributed by atoms with Gasteiger partial charge in [0.05, 0.1) is 6.10 Å². The van der Waals surface area contributed by atoms with Gasteiger partial charge >= 0.3 is 6.01 Å². The number of hydrogen-bond donors (Lipinski definition) is 1. The van der Waals surface area contributed by atoms with E-state index in [2.05, 4.69) is 20.3 Å². The average Bonchev–Trinajstić information content (AvgIpc) is 2.16. The van der Waals surface area contributed by atoms with Crippen LogP contribution in [0.1, 0.15) is 39.4 Å². The lowest BCUT2D eigenvalue weighted by Crippen LogP contribution is -2.12. The van der Waals surface area contributed by atoms with Crippen molar-refractivity contribution in [3.63, 3.8) is 0 Å². The molecule has 0 aliphatic carbocycles. The summed E-state index contributed by atoms with van der Waals surface area (Å²) < 4.78 is 5.45. The predicted octanol–water partition coefficient (Wildman–Crippen LogP) is 1.82. The summed E-state index contributed by atoms with van der Waals surface area (Å²) in [4.78, 5) is 12.6. The number of anilines is 1. The quantitative estimate of drug-likeness (QED) is 0.821. The Morgan fingerprint density at radius 1 is 1.07 bits per heavy atom. The Kier molecular flexibility index (Phi) is 3.82. The number of rotatable bonds is 4. The molecule has 1 N–H and O–H groups in total. The summed E-state index contributed by atoms with van der Waals surface area (Å²) in [5, 5.41) is 2.89. The maximum Gasteiger partial charge on any atom is 0.321 e. The molecule has 5 heteroatoms. The number of nitrogens with zero attached hydrogens (tertiary/aromatic N) is 3. The van der Waals surface area contributed by atoms with Crippen LogP contribution in [-0.2, 0) is 0 Å². The van der Waals surface area contributed by atoms with Crippen LogP contribution in [0.25, 0.3) is 0 Å². The fourth-order valence-corrected chi connectivity index (χ4v) is 1.01. The van der Waals surface area contributed by atoms with Crippen LogP contribution in [0.5, 0.6) is 6.01 Å². The second-order valence-corrected chi connectivity index (χ2v) is 3.87. The molecule has 0 fully saturated rings. The highest BCUT2D eigenvalue weighted by Gasteiger charge is 2.10. The maximum absolute atomic E-state index is 5.45. The Morgan fingerprint density at radius 2 is 1.73 bits per heavy atom. The first kappa shape index (κ1) is 11.7. The second kappa shape index (κ2) is 4.91. The molecular formula is C10H18N4O. The van der Waals surface area contributed by atoms with Gasteiger partial charge in [0.1, 0.15) is 5.82 Å². The van der Waals surface area contributed by atoms with Gasteiger partial charge in [-0.2, -0.15) is 15.0 Å². The minimum absolute atomic E-state index is 0.0668. The van der Waals surface area contributed by atoms with E-state index in [0.717, 1.165) is 5.82 Å². The molecule has 0 bridgehead atoms. The average molecular weight is 210 g/mol. The highest BCUT2D eigenvalue weighted by atomic mass is 16.5. The van der Waals surface area contributed by atoms with Crippen molar-refractivity contribution in [3.05, 3.63) is 5.82 Å². The van der Waals surface area contributed by atoms with Gasteiger partial charge in [-0.25, -0.2) is 0 Å². The molecular weight excluding hydrogens is 192 g/mol. The van der Waals surface area contributed by atoms with Crippen LogP contribution in [0, 0.1) is 0 Å². The summed E-state index contributed by atoms with van der Waals surface area (Å²) in [7, 11) is 1.78. The van der Waals surface area contributed by atoms with Crippen molar-refractivity contribution < 1.29 is 4.74 Å². The molecule has 1 aromatic rings. The van der Waals surface area contributed by atoms with E-state index in [0.29, 0.717) is 12.0 Å². The van der Waals surface area contributed by atoms with E-state index in [1.54, 1.807) is 7.05 Å². The minimum atomic E-state index is 0.0668. The van der Waals surface area contributed by atoms with Crippen molar-refractivity contribution in [3.8, 4) is 6.01 Å². The van der Waals surface area contributed by atoms with E-state index < -0.39 is 0 Å². The lowest BCUT2D eigenvalue weighted by atomic mass is 10.2. The molecule has 1 heterocycles. The van der Waals surface area contributed by atoms with Crippen LogP contribution in [0.4, 0.5) is 5.95 Å². The summed E-state index contributed by atoms with van der Waals surface area (Å²) in [6.45, 7) is 7.96. The summed E-state index contributed by atoms with van der Waals surface area (Å²) in [6.07, 6.45) is 0.0668. The summed E-state index contributed by atoms with van der Waals surface area (Å²) in [5.74, 6) is 1.55. The fourth-order valence-electron chi connectivity index (χ4n) is 1.01. The molecule has 0 aliphatic heterocycles. The molecule has 0 amide bonds. The molecule has 0 saturated carbocycles. The largest absolute Gasteiger partial charge is 0.461 e. The molecule has 0 aromatic carbocycles. The first-order chi connectivity index (χ1) is 7.02. The first-order valence-electron chi connectivity index (χ1n) is 5.13. The standard InChI is InChI=1S/C10H18N4O/c1-6(2)8-12-9(11-5)14-10(13-8)15-7(3)4/h6-7H,1-5H3,(H,11,12,13,14). The molecule has 0 atom stereocenters. The lowest BCUT2D eigenvalue weighted by molar-refractivity contribution is 0.220. The van der Waals surface area contributed by atoms with Gasteiger partial charge in [-0.3, -0.25) is 0 Å². The molecule has 0 spiro atoms. The Labute approximate surface area is 90.3 Å². The van der Waals surface area contributed by atoms with Gasteiger partial charge in [-0.15, -0.1) is 0 Å². The zero-order chi connectivity index (χ0) is 11.4. The van der Waals surface area contributed by atoms with Crippen molar-refractivity contribution in [2.24, 2.45) is 0 Å². The normalized spacial score (nSPS) is 10.9. The smallest absolute Gasteiger partial charge is 0.321 e. The van der Waals surface area contributed by atoms with E-state index in [9.17, 15) is 0 Å². The Morgan fingerprint density at radius 3 is 2.20 bits per heavy atom. The van der Waals surface area contributed by atoms with E-state index in [4.69, 9.17) is 4.74 Å². The molecule has 5 nitrogen and oxygen atoms in total. The molecule has 1 rings (SSSR count). The molecule has 15 heavy (non-hydrogen) atoms. The topological polar surface area (TPSA) is 59.9 Å². The van der Waals surface area contributed by atoms with Crippen LogP contribution in [-0.4, -0.2) is 28.1 Å². The highest BCUT2D eigenvalue weighted by molar-refractivity contribution is 5.25. The fraction of sp³-hybridized carbons (Fsp3) is 0.700. The van der Waals surface area contributed by atoms with Gasteiger partial charge < -0.3 is 10.1 Å². The van der Waals surface area contributed by atoms with Gasteiger partial charge in [-0.05, 0) is 13.8 Å². The second-order valence-electron chi connectivity index (χ2n) is 3.87. The number of hydrogen-bond acceptors (Lipinski definition) is 5. The van der Waals surface area contributed by atoms with Crippen molar-refractivity contribution >= 4 is 5.95 Å². The van der Waals surface area contributed by atoms with Crippen LogP contribution < -0.4 is 10.1 Å². The van der Waals surface area contributed by atoms with E-state index >= 15 is 0 Å². The van der Waals surface area contributed by atoms with Gasteiger partial charge in [0.15, 0.2) is 0 Å². The Balaban J connectivity index is 3.00. The minimum Gasteiger partial charge on any atom is -0.461 e. The van der Waals surface area contributed by atoms with Crippen LogP contribution in [0.15, 0.2) is 0 Å². The Hall–Kier alpha value is -1.39. The SMILES string of the molecule is CNc1nc(OC(C)C)nc(C(C)C)n1. The van der Waals surface area contributed by atoms with Crippen molar-refractivity contribution in [2.75, 3.05) is 12.4 Å². The molecule has 0 saturated heterocycles. The predicted molar refractivity (Wildman–Crippen MR) is 59.2 cm³/mol. The maximum atomic E-state index is 5.45. The lowest BCUT2D eigenvalue weighted by Gasteiger charge is -2.11. The van der Waals surface area contributed by atoms with E-state index in [-0.39, 0.29) is 12.0 Å². The zero-order valence-corrected chi connectivity index (χ0v) is 9.90. The van der Waals surface area contributed by atoms with Gasteiger partial charge in [0.25, 0.3) is 0 Å². The third-order valence-electron chi connectivity index (χ3n) is 1.71. The van der Waals surface area contributed by atoms with Crippen molar-refractivity contribution in [1.82, 2.24) is 15.0 Å². The molecule has 0 radical (unpaired) electrons. The third-order valence-corrected chi connectivity index (χ3v) is 1.71. The molecule has 0 unspecified atom stereocenters. The van der Waals surface area contributed by atoms with Gasteiger partial charge in [0.2, 0.25) is 5.95 Å². The summed E-state index contributed by atoms with van der Waals surface area (Å²) in [5.41, 5.74) is 0. The van der Waals surface area contributed by atoms with Crippen molar-refractivity contribution in [1.29, 1.82) is 0 Å². The third kappa shape index (κ3) is 3.34. The Bertz CT molecular complexity index is 325. The number of aromatic nitrogens is 3. The highest BCUT2D eigenvalue weighted by Crippen LogP contribution is 2.15. The van der Waals surface area contributed by atoms with Gasteiger partial charge in [-0.1, -0.05) is 13.8 Å². The van der Waals surface area contributed by atoms with Gasteiger partial charge in [0, 0.05) is 13.0 Å². The van der Waals surface area contributed by atoms with Crippen molar-refractivity contribution in [2.45, 2.75) is 39.7 Å². The van der Waals surface area contributed by atoms with E-state index in [1.165, 1.54) is 0 Å². The first-order valence-corrected chi connectivity index (χ1v) is 5.13. The van der Waals surface area contributed by atoms with Crippen LogP contribution in [0.3, 0.4) is 0 Å². The van der Waals surface area contributed by atoms with Crippen LogP contribution >= 0.6 is 0 Å².